The van der Waals surface area contributed by atoms with Gasteiger partial charge in [0.25, 0.3) is 11.8 Å². The summed E-state index contributed by atoms with van der Waals surface area (Å²) >= 11 is 0. The standard InChI is InChI=1S/C24H28N4O5/c1-32-20-10-8-15(12-21(20)33-2)24(31)28-13-22(29)26-18-11-14(7-9-19(18)28)23(30)27-17-6-4-3-5-16(17)25/h7-12,16-17H,3-6,13,25H2,1-2H3,(H,26,29)(H,27,30). The zero-order chi connectivity index (χ0) is 23.5. The van der Waals surface area contributed by atoms with Crippen LogP contribution in [-0.2, 0) is 4.79 Å². The van der Waals surface area contributed by atoms with Crippen LogP contribution in [0.3, 0.4) is 0 Å². The molecular weight excluding hydrogens is 424 g/mol. The minimum Gasteiger partial charge on any atom is -0.493 e. The summed E-state index contributed by atoms with van der Waals surface area (Å²) in [5.74, 6) is -0.0458. The number of rotatable bonds is 5. The van der Waals surface area contributed by atoms with E-state index in [1.54, 1.807) is 36.4 Å². The molecule has 4 N–H and O–H groups in total. The van der Waals surface area contributed by atoms with E-state index in [1.165, 1.54) is 19.1 Å². The molecule has 2 unspecified atom stereocenters. The average molecular weight is 453 g/mol. The third-order valence-corrected chi connectivity index (χ3v) is 6.14. The van der Waals surface area contributed by atoms with Crippen molar-refractivity contribution < 1.29 is 23.9 Å². The third-order valence-electron chi connectivity index (χ3n) is 6.14. The van der Waals surface area contributed by atoms with Crippen molar-refractivity contribution in [1.29, 1.82) is 0 Å². The van der Waals surface area contributed by atoms with Gasteiger partial charge < -0.3 is 25.8 Å². The van der Waals surface area contributed by atoms with Crippen LogP contribution in [0.4, 0.5) is 11.4 Å². The van der Waals surface area contributed by atoms with Gasteiger partial charge in [0.05, 0.1) is 25.6 Å². The van der Waals surface area contributed by atoms with Crippen LogP contribution in [0.15, 0.2) is 36.4 Å². The number of amides is 3. The second-order valence-electron chi connectivity index (χ2n) is 8.27. The quantitative estimate of drug-likeness (QED) is 0.640. The lowest BCUT2D eigenvalue weighted by molar-refractivity contribution is -0.115. The molecule has 1 saturated carbocycles. The van der Waals surface area contributed by atoms with E-state index in [-0.39, 0.29) is 36.3 Å². The lowest BCUT2D eigenvalue weighted by Gasteiger charge is -2.31. The van der Waals surface area contributed by atoms with Gasteiger partial charge in [0.2, 0.25) is 5.91 Å². The molecule has 2 aromatic carbocycles. The van der Waals surface area contributed by atoms with E-state index in [0.29, 0.717) is 34.0 Å². The topological polar surface area (TPSA) is 123 Å². The minimum atomic E-state index is -0.363. The molecule has 2 aromatic rings. The van der Waals surface area contributed by atoms with E-state index >= 15 is 0 Å². The fourth-order valence-corrected chi connectivity index (χ4v) is 4.33. The molecule has 1 heterocycles. The van der Waals surface area contributed by atoms with Gasteiger partial charge in [0, 0.05) is 23.2 Å². The summed E-state index contributed by atoms with van der Waals surface area (Å²) in [5.41, 5.74) is 7.81. The van der Waals surface area contributed by atoms with E-state index < -0.39 is 0 Å². The summed E-state index contributed by atoms with van der Waals surface area (Å²) in [6.45, 7) is -0.136. The SMILES string of the molecule is COc1ccc(C(=O)N2CC(=O)Nc3cc(C(=O)NC4CCCCC4N)ccc32)cc1OC. The fraction of sp³-hybridized carbons (Fsp3) is 0.375. The van der Waals surface area contributed by atoms with Crippen molar-refractivity contribution in [3.8, 4) is 11.5 Å². The van der Waals surface area contributed by atoms with Crippen LogP contribution in [0, 0.1) is 0 Å². The Morgan fingerprint density at radius 2 is 1.76 bits per heavy atom. The second kappa shape index (κ2) is 9.50. The second-order valence-corrected chi connectivity index (χ2v) is 8.27. The van der Waals surface area contributed by atoms with Gasteiger partial charge in [-0.25, -0.2) is 0 Å². The third kappa shape index (κ3) is 4.63. The smallest absolute Gasteiger partial charge is 0.258 e. The number of ether oxygens (including phenoxy) is 2. The zero-order valence-electron chi connectivity index (χ0n) is 18.7. The number of nitrogens with zero attached hydrogens (tertiary/aromatic N) is 1. The molecule has 2 aliphatic rings. The van der Waals surface area contributed by atoms with Crippen LogP contribution in [0.2, 0.25) is 0 Å². The van der Waals surface area contributed by atoms with Crippen molar-refractivity contribution in [2.24, 2.45) is 5.73 Å². The number of anilines is 2. The molecule has 4 rings (SSSR count). The number of carbonyl (C=O) groups excluding carboxylic acids is 3. The lowest BCUT2D eigenvalue weighted by atomic mass is 9.91. The number of hydrogen-bond donors (Lipinski definition) is 3. The molecule has 1 aliphatic heterocycles. The van der Waals surface area contributed by atoms with Gasteiger partial charge in [0.15, 0.2) is 11.5 Å². The lowest BCUT2D eigenvalue weighted by Crippen LogP contribution is -2.49. The Labute approximate surface area is 192 Å². The summed E-state index contributed by atoms with van der Waals surface area (Å²) in [4.78, 5) is 39.8. The summed E-state index contributed by atoms with van der Waals surface area (Å²) in [6.07, 6.45) is 3.84. The predicted molar refractivity (Wildman–Crippen MR) is 124 cm³/mol. The molecule has 0 aromatic heterocycles. The Morgan fingerprint density at radius 3 is 2.48 bits per heavy atom. The highest BCUT2D eigenvalue weighted by Gasteiger charge is 2.30. The molecule has 174 valence electrons. The van der Waals surface area contributed by atoms with Crippen LogP contribution in [0.5, 0.6) is 11.5 Å². The van der Waals surface area contributed by atoms with Crippen molar-refractivity contribution in [1.82, 2.24) is 5.32 Å². The maximum absolute atomic E-state index is 13.2. The Morgan fingerprint density at radius 1 is 1.03 bits per heavy atom. The number of hydrogen-bond acceptors (Lipinski definition) is 6. The molecule has 0 radical (unpaired) electrons. The maximum Gasteiger partial charge on any atom is 0.258 e. The van der Waals surface area contributed by atoms with Crippen molar-refractivity contribution in [2.45, 2.75) is 37.8 Å². The van der Waals surface area contributed by atoms with E-state index in [2.05, 4.69) is 10.6 Å². The van der Waals surface area contributed by atoms with Crippen LogP contribution in [-0.4, -0.2) is 50.6 Å². The van der Waals surface area contributed by atoms with E-state index in [0.717, 1.165) is 25.7 Å². The number of nitrogens with one attached hydrogen (secondary N) is 2. The zero-order valence-corrected chi connectivity index (χ0v) is 18.7. The molecule has 9 heteroatoms. The van der Waals surface area contributed by atoms with Gasteiger partial charge in [-0.2, -0.15) is 0 Å². The highest BCUT2D eigenvalue weighted by Crippen LogP contribution is 2.33. The molecule has 0 saturated heterocycles. The van der Waals surface area contributed by atoms with Crippen LogP contribution in [0.1, 0.15) is 46.4 Å². The van der Waals surface area contributed by atoms with Crippen LogP contribution < -0.4 is 30.7 Å². The molecule has 1 aliphatic carbocycles. The molecular formula is C24H28N4O5. The summed E-state index contributed by atoms with van der Waals surface area (Å²) in [6, 6.07) is 9.60. The van der Waals surface area contributed by atoms with E-state index in [4.69, 9.17) is 15.2 Å². The Bertz CT molecular complexity index is 1090. The van der Waals surface area contributed by atoms with Crippen molar-refractivity contribution in [2.75, 3.05) is 31.0 Å². The monoisotopic (exact) mass is 452 g/mol. The van der Waals surface area contributed by atoms with E-state index in [1.807, 2.05) is 0 Å². The Kier molecular flexibility index (Phi) is 6.50. The van der Waals surface area contributed by atoms with Crippen LogP contribution >= 0.6 is 0 Å². The number of benzene rings is 2. The molecule has 0 spiro atoms. The van der Waals surface area contributed by atoms with Gasteiger partial charge in [-0.15, -0.1) is 0 Å². The fourth-order valence-electron chi connectivity index (χ4n) is 4.33. The number of carbonyl (C=O) groups is 3. The van der Waals surface area contributed by atoms with Gasteiger partial charge in [-0.05, 0) is 49.2 Å². The van der Waals surface area contributed by atoms with Crippen molar-refractivity contribution in [3.63, 3.8) is 0 Å². The molecule has 1 fully saturated rings. The van der Waals surface area contributed by atoms with E-state index in [9.17, 15) is 14.4 Å². The Balaban J connectivity index is 1.58. The van der Waals surface area contributed by atoms with Gasteiger partial charge in [-0.3, -0.25) is 19.3 Å². The van der Waals surface area contributed by atoms with Crippen molar-refractivity contribution in [3.05, 3.63) is 47.5 Å². The first-order chi connectivity index (χ1) is 15.9. The first-order valence-electron chi connectivity index (χ1n) is 11.0. The first-order valence-corrected chi connectivity index (χ1v) is 11.0. The average Bonchev–Trinajstić information content (AvgIpc) is 2.83. The molecule has 9 nitrogen and oxygen atoms in total. The largest absolute Gasteiger partial charge is 0.493 e. The number of methoxy groups -OCH3 is 2. The summed E-state index contributed by atoms with van der Waals surface area (Å²) < 4.78 is 10.5. The normalized spacial score (nSPS) is 19.8. The highest BCUT2D eigenvalue weighted by molar-refractivity contribution is 6.16. The summed E-state index contributed by atoms with van der Waals surface area (Å²) in [5, 5.41) is 5.77. The van der Waals surface area contributed by atoms with Gasteiger partial charge in [0.1, 0.15) is 6.54 Å². The van der Waals surface area contributed by atoms with Crippen molar-refractivity contribution >= 4 is 29.1 Å². The molecule has 33 heavy (non-hydrogen) atoms. The minimum absolute atomic E-state index is 0.0605. The van der Waals surface area contributed by atoms with Crippen LogP contribution in [0.25, 0.3) is 0 Å². The van der Waals surface area contributed by atoms with Gasteiger partial charge in [-0.1, -0.05) is 12.8 Å². The van der Waals surface area contributed by atoms with Gasteiger partial charge >= 0.3 is 0 Å². The number of nitrogens with two attached hydrogens (primary N) is 1. The Hall–Kier alpha value is -3.59. The molecule has 0 bridgehead atoms. The first kappa shape index (κ1) is 22.6. The summed E-state index contributed by atoms with van der Waals surface area (Å²) in [7, 11) is 3.00. The number of fused-ring (bicyclic) bond motifs is 1. The predicted octanol–water partition coefficient (Wildman–Crippen LogP) is 2.30. The molecule has 3 amide bonds. The molecule has 2 atom stereocenters. The maximum atomic E-state index is 13.2. The highest BCUT2D eigenvalue weighted by atomic mass is 16.5.